The van der Waals surface area contributed by atoms with E-state index in [2.05, 4.69) is 50.0 Å². The van der Waals surface area contributed by atoms with Gasteiger partial charge < -0.3 is 10.6 Å². The van der Waals surface area contributed by atoms with Crippen molar-refractivity contribution in [2.45, 2.75) is 18.9 Å². The molecule has 3 nitrogen and oxygen atoms in total. The quantitative estimate of drug-likeness (QED) is 0.895. The van der Waals surface area contributed by atoms with Crippen molar-refractivity contribution in [2.24, 2.45) is 11.7 Å². The van der Waals surface area contributed by atoms with Gasteiger partial charge in [-0.25, -0.2) is 0 Å². The molecule has 1 aromatic rings. The summed E-state index contributed by atoms with van der Waals surface area (Å²) in [5.41, 5.74) is 7.37. The molecular weight excluding hydrogens is 314 g/mol. The van der Waals surface area contributed by atoms with E-state index in [1.807, 2.05) is 0 Å². The second-order valence-electron chi connectivity index (χ2n) is 6.08. The van der Waals surface area contributed by atoms with Crippen molar-refractivity contribution >= 4 is 15.9 Å². The van der Waals surface area contributed by atoms with Crippen LogP contribution in [0, 0.1) is 5.92 Å². The van der Waals surface area contributed by atoms with Gasteiger partial charge in [-0.15, -0.1) is 0 Å². The Kier molecular flexibility index (Phi) is 4.76. The van der Waals surface area contributed by atoms with Crippen molar-refractivity contribution in [2.75, 3.05) is 39.3 Å². The molecule has 1 saturated carbocycles. The number of hydrogen-bond donors (Lipinski definition) is 1. The van der Waals surface area contributed by atoms with E-state index < -0.39 is 0 Å². The van der Waals surface area contributed by atoms with Crippen molar-refractivity contribution in [3.63, 3.8) is 0 Å². The number of halogens is 1. The molecule has 1 saturated heterocycles. The van der Waals surface area contributed by atoms with Crippen LogP contribution in [-0.2, 0) is 0 Å². The first kappa shape index (κ1) is 14.5. The Bertz CT molecular complexity index is 422. The van der Waals surface area contributed by atoms with Gasteiger partial charge in [0.1, 0.15) is 0 Å². The summed E-state index contributed by atoms with van der Waals surface area (Å²) in [7, 11) is 0. The second-order valence-corrected chi connectivity index (χ2v) is 7.00. The van der Waals surface area contributed by atoms with Gasteiger partial charge in [0.05, 0.1) is 0 Å². The molecule has 3 rings (SSSR count). The van der Waals surface area contributed by atoms with E-state index in [0.29, 0.717) is 12.6 Å². The third-order valence-corrected chi connectivity index (χ3v) is 5.07. The first-order valence-corrected chi connectivity index (χ1v) is 8.47. The highest BCUT2D eigenvalue weighted by atomic mass is 79.9. The van der Waals surface area contributed by atoms with Crippen molar-refractivity contribution in [1.82, 2.24) is 9.80 Å². The van der Waals surface area contributed by atoms with E-state index in [0.717, 1.165) is 23.5 Å². The summed E-state index contributed by atoms with van der Waals surface area (Å²) >= 11 is 3.50. The molecule has 1 heterocycles. The Balaban J connectivity index is 1.58. The first-order chi connectivity index (χ1) is 9.76. The lowest BCUT2D eigenvalue weighted by atomic mass is 10.0. The molecule has 2 N–H and O–H groups in total. The van der Waals surface area contributed by atoms with Gasteiger partial charge in [0, 0.05) is 49.8 Å². The van der Waals surface area contributed by atoms with Gasteiger partial charge in [-0.05, 0) is 36.5 Å². The smallest absolute Gasteiger partial charge is 0.0471 e. The van der Waals surface area contributed by atoms with Crippen molar-refractivity contribution in [3.8, 4) is 0 Å². The molecule has 1 aromatic carbocycles. The molecule has 20 heavy (non-hydrogen) atoms. The third-order valence-electron chi connectivity index (χ3n) is 4.54. The normalized spacial score (nSPS) is 22.9. The zero-order valence-corrected chi connectivity index (χ0v) is 13.6. The Morgan fingerprint density at radius 3 is 2.30 bits per heavy atom. The van der Waals surface area contributed by atoms with Gasteiger partial charge >= 0.3 is 0 Å². The summed E-state index contributed by atoms with van der Waals surface area (Å²) in [4.78, 5) is 5.18. The first-order valence-electron chi connectivity index (χ1n) is 7.68. The number of rotatable bonds is 5. The molecule has 110 valence electrons. The molecule has 1 unspecified atom stereocenters. The van der Waals surface area contributed by atoms with E-state index in [9.17, 15) is 0 Å². The number of nitrogens with two attached hydrogens (primary N) is 1. The van der Waals surface area contributed by atoms with Crippen molar-refractivity contribution in [1.29, 1.82) is 0 Å². The van der Waals surface area contributed by atoms with Gasteiger partial charge in [-0.2, -0.15) is 0 Å². The molecule has 0 bridgehead atoms. The van der Waals surface area contributed by atoms with Gasteiger partial charge in [0.25, 0.3) is 0 Å². The molecule has 2 aliphatic rings. The van der Waals surface area contributed by atoms with Crippen LogP contribution in [0.3, 0.4) is 0 Å². The van der Waals surface area contributed by atoms with Crippen LogP contribution in [0.2, 0.25) is 0 Å². The SMILES string of the molecule is NCC(c1ccc(Br)cc1)N1CCN(CC2CC2)CC1. The van der Waals surface area contributed by atoms with Gasteiger partial charge in [0.2, 0.25) is 0 Å². The Morgan fingerprint density at radius 1 is 1.10 bits per heavy atom. The summed E-state index contributed by atoms with van der Waals surface area (Å²) in [6.45, 7) is 6.70. The predicted molar refractivity (Wildman–Crippen MR) is 86.7 cm³/mol. The zero-order chi connectivity index (χ0) is 13.9. The van der Waals surface area contributed by atoms with Crippen LogP contribution in [0.25, 0.3) is 0 Å². The average molecular weight is 338 g/mol. The van der Waals surface area contributed by atoms with Crippen LogP contribution in [0.1, 0.15) is 24.4 Å². The fourth-order valence-corrected chi connectivity index (χ4v) is 3.37. The van der Waals surface area contributed by atoms with Gasteiger partial charge in [-0.3, -0.25) is 4.90 Å². The minimum atomic E-state index is 0.367. The fourth-order valence-electron chi connectivity index (χ4n) is 3.10. The van der Waals surface area contributed by atoms with Crippen LogP contribution in [-0.4, -0.2) is 49.1 Å². The topological polar surface area (TPSA) is 32.5 Å². The molecule has 1 aliphatic heterocycles. The number of piperazine rings is 1. The van der Waals surface area contributed by atoms with Crippen molar-refractivity contribution < 1.29 is 0 Å². The average Bonchev–Trinajstić information content (AvgIpc) is 3.27. The standard InChI is InChI=1S/C16H24BrN3/c17-15-5-3-14(4-6-15)16(11-18)20-9-7-19(8-10-20)12-13-1-2-13/h3-6,13,16H,1-2,7-12,18H2. The largest absolute Gasteiger partial charge is 0.329 e. The lowest BCUT2D eigenvalue weighted by molar-refractivity contribution is 0.0956. The van der Waals surface area contributed by atoms with E-state index in [4.69, 9.17) is 5.73 Å². The number of hydrogen-bond acceptors (Lipinski definition) is 3. The monoisotopic (exact) mass is 337 g/mol. The Labute approximate surface area is 130 Å². The molecule has 1 aliphatic carbocycles. The number of benzene rings is 1. The zero-order valence-electron chi connectivity index (χ0n) is 12.0. The second kappa shape index (κ2) is 6.56. The highest BCUT2D eigenvalue weighted by Gasteiger charge is 2.28. The van der Waals surface area contributed by atoms with Crippen LogP contribution >= 0.6 is 15.9 Å². The summed E-state index contributed by atoms with van der Waals surface area (Å²) < 4.78 is 1.13. The molecule has 0 radical (unpaired) electrons. The summed E-state index contributed by atoms with van der Waals surface area (Å²) in [6, 6.07) is 8.98. The predicted octanol–water partition coefficient (Wildman–Crippen LogP) is 2.48. The maximum absolute atomic E-state index is 6.03. The molecule has 1 atom stereocenters. The lowest BCUT2D eigenvalue weighted by Gasteiger charge is -2.39. The van der Waals surface area contributed by atoms with Gasteiger partial charge in [0.15, 0.2) is 0 Å². The molecule has 0 aromatic heterocycles. The van der Waals surface area contributed by atoms with Crippen LogP contribution in [0.5, 0.6) is 0 Å². The maximum Gasteiger partial charge on any atom is 0.0471 e. The van der Waals surface area contributed by atoms with Crippen LogP contribution in [0.4, 0.5) is 0 Å². The Hall–Kier alpha value is -0.420. The molecule has 2 fully saturated rings. The van der Waals surface area contributed by atoms with E-state index >= 15 is 0 Å². The summed E-state index contributed by atoms with van der Waals surface area (Å²) in [5.74, 6) is 0.998. The van der Waals surface area contributed by atoms with Crippen LogP contribution < -0.4 is 5.73 Å². The van der Waals surface area contributed by atoms with E-state index in [1.54, 1.807) is 0 Å². The summed E-state index contributed by atoms with van der Waals surface area (Å²) in [6.07, 6.45) is 2.90. The molecule has 4 heteroatoms. The Morgan fingerprint density at radius 2 is 1.75 bits per heavy atom. The minimum absolute atomic E-state index is 0.367. The van der Waals surface area contributed by atoms with Crippen molar-refractivity contribution in [3.05, 3.63) is 34.3 Å². The third kappa shape index (κ3) is 3.61. The molecule has 0 amide bonds. The highest BCUT2D eigenvalue weighted by Crippen LogP contribution is 2.30. The number of nitrogens with zero attached hydrogens (tertiary/aromatic N) is 2. The fraction of sp³-hybridized carbons (Fsp3) is 0.625. The lowest BCUT2D eigenvalue weighted by Crippen LogP contribution is -2.49. The van der Waals surface area contributed by atoms with Gasteiger partial charge in [-0.1, -0.05) is 28.1 Å². The maximum atomic E-state index is 6.03. The van der Waals surface area contributed by atoms with E-state index in [1.165, 1.54) is 38.0 Å². The van der Waals surface area contributed by atoms with E-state index in [-0.39, 0.29) is 0 Å². The summed E-state index contributed by atoms with van der Waals surface area (Å²) in [5, 5.41) is 0. The molecular formula is C16H24BrN3. The molecule has 0 spiro atoms. The van der Waals surface area contributed by atoms with Crippen LogP contribution in [0.15, 0.2) is 28.7 Å². The minimum Gasteiger partial charge on any atom is -0.329 e. The highest BCUT2D eigenvalue weighted by molar-refractivity contribution is 9.10.